The van der Waals surface area contributed by atoms with Crippen molar-refractivity contribution in [1.29, 1.82) is 0 Å². The number of nitrogens with zero attached hydrogens (tertiary/aromatic N) is 2. The maximum Gasteiger partial charge on any atom is 0.349 e. The molecular weight excluding hydrogens is 272 g/mol. The molecular formula is C15H18N2O4. The zero-order valence-electron chi connectivity index (χ0n) is 12.0. The summed E-state index contributed by atoms with van der Waals surface area (Å²) in [6.45, 7) is 0. The maximum absolute atomic E-state index is 12.4. The number of aliphatic hydroxyl groups is 1. The lowest BCUT2D eigenvalue weighted by atomic mass is 10.1. The average Bonchev–Trinajstić information content (AvgIpc) is 3.07. The molecule has 2 aliphatic carbocycles. The Labute approximate surface area is 123 Å². The summed E-state index contributed by atoms with van der Waals surface area (Å²) in [4.78, 5) is 30.9. The summed E-state index contributed by atoms with van der Waals surface area (Å²) in [5.74, 6) is 5.68. The zero-order chi connectivity index (χ0) is 15.1. The first-order valence-electron chi connectivity index (χ1n) is 7.07. The Morgan fingerprint density at radius 2 is 2.33 bits per heavy atom. The summed E-state index contributed by atoms with van der Waals surface area (Å²) in [5.41, 5.74) is 0. The molecule has 1 amide bonds. The van der Waals surface area contributed by atoms with Crippen molar-refractivity contribution in [2.45, 2.75) is 25.1 Å². The number of hydrogen-bond acceptors (Lipinski definition) is 5. The van der Waals surface area contributed by atoms with E-state index in [1.807, 2.05) is 12.2 Å². The van der Waals surface area contributed by atoms with Gasteiger partial charge < -0.3 is 9.94 Å². The van der Waals surface area contributed by atoms with Gasteiger partial charge in [-0.3, -0.25) is 9.69 Å². The first kappa shape index (κ1) is 14.1. The van der Waals surface area contributed by atoms with E-state index in [4.69, 9.17) is 4.84 Å². The van der Waals surface area contributed by atoms with E-state index in [2.05, 4.69) is 11.8 Å². The number of hydrogen-bond donors (Lipinski definition) is 1. The molecule has 0 spiro atoms. The van der Waals surface area contributed by atoms with E-state index in [1.165, 1.54) is 0 Å². The summed E-state index contributed by atoms with van der Waals surface area (Å²) in [5, 5.41) is 10.5. The van der Waals surface area contributed by atoms with E-state index in [0.717, 1.165) is 5.06 Å². The smallest absolute Gasteiger partial charge is 0.349 e. The number of fused-ring (bicyclic) bond motifs is 1. The van der Waals surface area contributed by atoms with Crippen molar-refractivity contribution in [2.75, 3.05) is 14.1 Å². The second-order valence-electron chi connectivity index (χ2n) is 5.89. The topological polar surface area (TPSA) is 70.1 Å². The third-order valence-corrected chi connectivity index (χ3v) is 4.27. The Kier molecular flexibility index (Phi) is 3.47. The average molecular weight is 290 g/mol. The van der Waals surface area contributed by atoms with Crippen LogP contribution in [0, 0.1) is 29.6 Å². The molecule has 112 valence electrons. The molecule has 21 heavy (non-hydrogen) atoms. The minimum Gasteiger partial charge on any atom is -0.370 e. The summed E-state index contributed by atoms with van der Waals surface area (Å²) in [7, 11) is 3.60. The molecule has 1 heterocycles. The summed E-state index contributed by atoms with van der Waals surface area (Å²) >= 11 is 0. The van der Waals surface area contributed by atoms with Gasteiger partial charge in [-0.05, 0) is 26.1 Å². The van der Waals surface area contributed by atoms with Crippen LogP contribution in [0.1, 0.15) is 12.8 Å². The molecule has 2 fully saturated rings. The zero-order valence-corrected chi connectivity index (χ0v) is 12.0. The van der Waals surface area contributed by atoms with E-state index in [0.29, 0.717) is 6.42 Å². The van der Waals surface area contributed by atoms with Gasteiger partial charge in [-0.15, -0.1) is 5.06 Å². The normalized spacial score (nSPS) is 34.3. The highest BCUT2D eigenvalue weighted by atomic mass is 16.7. The standard InChI is InChI=1S/C15H18N2O4/c1-16(2)14(13-9-5-3-4-6-10(9)13)15(20)21-17-11(18)7-8-12(17)19/h3,5,9-11,13-14,18H,7-8H2,1-2H3. The minimum atomic E-state index is -1.04. The minimum absolute atomic E-state index is 0.0774. The van der Waals surface area contributed by atoms with Crippen LogP contribution in [-0.2, 0) is 14.4 Å². The highest BCUT2D eigenvalue weighted by Crippen LogP contribution is 2.51. The fourth-order valence-corrected chi connectivity index (χ4v) is 3.13. The largest absolute Gasteiger partial charge is 0.370 e. The first-order valence-corrected chi connectivity index (χ1v) is 7.07. The number of carbonyl (C=O) groups is 2. The number of carbonyl (C=O) groups excluding carboxylic acids is 2. The van der Waals surface area contributed by atoms with Crippen LogP contribution in [0.5, 0.6) is 0 Å². The number of allylic oxidation sites excluding steroid dienone is 2. The first-order chi connectivity index (χ1) is 10.0. The van der Waals surface area contributed by atoms with Crippen LogP contribution in [0.25, 0.3) is 0 Å². The summed E-state index contributed by atoms with van der Waals surface area (Å²) in [6, 6.07) is -0.474. The Hall–Kier alpha value is -1.84. The molecule has 0 radical (unpaired) electrons. The van der Waals surface area contributed by atoms with Crippen molar-refractivity contribution in [3.63, 3.8) is 0 Å². The number of rotatable bonds is 4. The Morgan fingerprint density at radius 1 is 1.57 bits per heavy atom. The molecule has 0 bridgehead atoms. The van der Waals surface area contributed by atoms with Gasteiger partial charge in [0.25, 0.3) is 5.91 Å². The van der Waals surface area contributed by atoms with Gasteiger partial charge in [0.1, 0.15) is 6.04 Å². The Balaban J connectivity index is 1.71. The number of likely N-dealkylation sites (N-methyl/N-ethyl adjacent to an activating group) is 1. The lowest BCUT2D eigenvalue weighted by molar-refractivity contribution is -0.224. The molecule has 6 heteroatoms. The summed E-state index contributed by atoms with van der Waals surface area (Å²) < 4.78 is 0. The Bertz CT molecular complexity index is 560. The van der Waals surface area contributed by atoms with Gasteiger partial charge in [0.15, 0.2) is 6.23 Å². The van der Waals surface area contributed by atoms with E-state index in [-0.39, 0.29) is 30.1 Å². The van der Waals surface area contributed by atoms with Gasteiger partial charge in [-0.25, -0.2) is 4.79 Å². The van der Waals surface area contributed by atoms with Crippen molar-refractivity contribution >= 4 is 11.9 Å². The molecule has 3 aliphatic rings. The van der Waals surface area contributed by atoms with Crippen LogP contribution in [0.4, 0.5) is 0 Å². The molecule has 1 saturated carbocycles. The number of hydroxylamine groups is 2. The van der Waals surface area contributed by atoms with Crippen molar-refractivity contribution < 1.29 is 19.5 Å². The molecule has 1 aliphatic heterocycles. The van der Waals surface area contributed by atoms with Crippen molar-refractivity contribution in [1.82, 2.24) is 9.96 Å². The SMILES string of the molecule is CN(C)C(C(=O)ON1C(=O)CCC1O)C1C2C#CC=CC21. The molecule has 1 saturated heterocycles. The molecule has 6 nitrogen and oxygen atoms in total. The van der Waals surface area contributed by atoms with Crippen LogP contribution in [0.2, 0.25) is 0 Å². The molecule has 0 aromatic carbocycles. The third kappa shape index (κ3) is 2.43. The van der Waals surface area contributed by atoms with Crippen molar-refractivity contribution in [3.8, 4) is 11.8 Å². The van der Waals surface area contributed by atoms with Gasteiger partial charge in [0, 0.05) is 24.7 Å². The van der Waals surface area contributed by atoms with Gasteiger partial charge in [-0.1, -0.05) is 17.9 Å². The lowest BCUT2D eigenvalue weighted by Gasteiger charge is -2.26. The summed E-state index contributed by atoms with van der Waals surface area (Å²) in [6.07, 6.45) is 3.29. The highest BCUT2D eigenvalue weighted by molar-refractivity contribution is 5.82. The van der Waals surface area contributed by atoms with Gasteiger partial charge >= 0.3 is 5.97 Å². The molecule has 0 aromatic heterocycles. The van der Waals surface area contributed by atoms with Crippen LogP contribution in [0.15, 0.2) is 12.2 Å². The third-order valence-electron chi connectivity index (χ3n) is 4.27. The van der Waals surface area contributed by atoms with Gasteiger partial charge in [0.05, 0.1) is 0 Å². The second kappa shape index (κ2) is 5.17. The maximum atomic E-state index is 12.4. The van der Waals surface area contributed by atoms with E-state index < -0.39 is 18.2 Å². The second-order valence-corrected chi connectivity index (χ2v) is 5.89. The van der Waals surface area contributed by atoms with Crippen molar-refractivity contribution in [3.05, 3.63) is 12.2 Å². The van der Waals surface area contributed by atoms with E-state index >= 15 is 0 Å². The van der Waals surface area contributed by atoms with Gasteiger partial charge in [0.2, 0.25) is 0 Å². The fraction of sp³-hybridized carbons (Fsp3) is 0.600. The van der Waals surface area contributed by atoms with Crippen LogP contribution in [0.3, 0.4) is 0 Å². The quantitative estimate of drug-likeness (QED) is 0.723. The molecule has 5 unspecified atom stereocenters. The lowest BCUT2D eigenvalue weighted by Crippen LogP contribution is -2.45. The van der Waals surface area contributed by atoms with Crippen LogP contribution in [-0.4, -0.2) is 53.3 Å². The van der Waals surface area contributed by atoms with E-state index in [9.17, 15) is 14.7 Å². The molecule has 5 atom stereocenters. The molecule has 0 aromatic rings. The molecule has 1 N–H and O–H groups in total. The van der Waals surface area contributed by atoms with E-state index in [1.54, 1.807) is 19.0 Å². The van der Waals surface area contributed by atoms with Gasteiger partial charge in [-0.2, -0.15) is 0 Å². The highest BCUT2D eigenvalue weighted by Gasteiger charge is 2.56. The van der Waals surface area contributed by atoms with Crippen molar-refractivity contribution in [2.24, 2.45) is 17.8 Å². The fourth-order valence-electron chi connectivity index (χ4n) is 3.13. The number of amides is 1. The number of aliphatic hydroxyl groups excluding tert-OH is 1. The Morgan fingerprint density at radius 3 is 2.86 bits per heavy atom. The molecule has 3 rings (SSSR count). The monoisotopic (exact) mass is 290 g/mol. The predicted molar refractivity (Wildman–Crippen MR) is 73.0 cm³/mol. The predicted octanol–water partition coefficient (Wildman–Crippen LogP) is -0.249. The van der Waals surface area contributed by atoms with Crippen LogP contribution >= 0.6 is 0 Å². The van der Waals surface area contributed by atoms with Crippen LogP contribution < -0.4 is 0 Å².